The Morgan fingerprint density at radius 3 is 0.729 bits per heavy atom. The van der Waals surface area contributed by atoms with E-state index in [1.165, 1.54) is 0 Å². The highest BCUT2D eigenvalue weighted by Crippen LogP contribution is 2.55. The van der Waals surface area contributed by atoms with Crippen LogP contribution in [0.25, 0.3) is 0 Å². The maximum absolute atomic E-state index is 13.5. The third kappa shape index (κ3) is 13.1. The number of unbranched alkanes of at least 4 members (excludes halogenated alkanes) is 14. The Hall–Kier alpha value is -1.26. The van der Waals surface area contributed by atoms with Gasteiger partial charge in [-0.15, -0.1) is 0 Å². The van der Waals surface area contributed by atoms with E-state index in [9.17, 15) is 79.0 Å². The van der Waals surface area contributed by atoms with Crippen molar-refractivity contribution in [2.75, 3.05) is 0 Å². The fourth-order valence-electron chi connectivity index (χ4n) is 4.96. The second-order valence-corrected chi connectivity index (χ2v) is 12.3. The molecule has 0 atom stereocenters. The van der Waals surface area contributed by atoms with Crippen LogP contribution < -0.4 is 0 Å². The largest absolute Gasteiger partial charge is 0.460 e. The van der Waals surface area contributed by atoms with Gasteiger partial charge in [0.2, 0.25) is 0 Å². The zero-order valence-electron chi connectivity index (χ0n) is 26.2. The molecule has 0 N–H and O–H groups in total. The van der Waals surface area contributed by atoms with Crippen molar-refractivity contribution in [3.05, 3.63) is 6.92 Å². The van der Waals surface area contributed by atoms with Crippen LogP contribution in [0, 0.1) is 12.8 Å². The molecule has 18 heteroatoms. The molecule has 0 aromatic heterocycles. The van der Waals surface area contributed by atoms with Crippen molar-refractivity contribution in [2.45, 2.75) is 176 Å². The van der Waals surface area contributed by atoms with Crippen molar-refractivity contribution < 1.29 is 79.0 Å². The summed E-state index contributed by atoms with van der Waals surface area (Å²) in [5.74, 6) is -37.8. The van der Waals surface area contributed by atoms with Gasteiger partial charge in [0.25, 0.3) is 0 Å². The van der Waals surface area contributed by atoms with Crippen molar-refractivity contribution in [2.24, 2.45) is 5.92 Å². The van der Waals surface area contributed by atoms with Crippen LogP contribution in [-0.2, 0) is 0 Å². The molecule has 1 radical (unpaired) electrons. The molecule has 0 spiro atoms. The minimum absolute atomic E-state index is 0.0390. The van der Waals surface area contributed by atoms with E-state index in [-0.39, 0.29) is 18.8 Å². The Morgan fingerprint density at radius 1 is 0.292 bits per heavy atom. The summed E-state index contributed by atoms with van der Waals surface area (Å²) < 4.78 is 231. The highest BCUT2D eigenvalue weighted by molar-refractivity contribution is 5.01. The quantitative estimate of drug-likeness (QED) is 0.0611. The minimum Gasteiger partial charge on any atom is -0.200 e. The van der Waals surface area contributed by atoms with Crippen molar-refractivity contribution in [1.82, 2.24) is 0 Å². The average Bonchev–Trinajstić information content (AvgIpc) is 2.93. The summed E-state index contributed by atoms with van der Waals surface area (Å²) in [4.78, 5) is 0. The molecular formula is C30H43F18. The minimum atomic E-state index is -6.87. The maximum atomic E-state index is 13.5. The van der Waals surface area contributed by atoms with Crippen molar-refractivity contribution >= 4 is 0 Å². The van der Waals surface area contributed by atoms with Gasteiger partial charge >= 0.3 is 47.9 Å². The van der Waals surface area contributed by atoms with Gasteiger partial charge in [-0.2, -0.15) is 79.0 Å². The fourth-order valence-corrected chi connectivity index (χ4v) is 4.96. The molecule has 289 valence electrons. The summed E-state index contributed by atoms with van der Waals surface area (Å²) in [7, 11) is 0. The molecule has 0 saturated heterocycles. The molecule has 0 aliphatic carbocycles. The molecule has 48 heavy (non-hydrogen) atoms. The van der Waals surface area contributed by atoms with Gasteiger partial charge in [0.05, 0.1) is 0 Å². The second kappa shape index (κ2) is 18.8. The summed E-state index contributed by atoms with van der Waals surface area (Å²) >= 11 is 0. The summed E-state index contributed by atoms with van der Waals surface area (Å²) in [5.41, 5.74) is 0. The average molecular weight is 746 g/mol. The first-order chi connectivity index (χ1) is 21.6. The predicted octanol–water partition coefficient (Wildman–Crippen LogP) is 14.2. The Labute approximate surface area is 268 Å². The number of halogens is 18. The highest BCUT2D eigenvalue weighted by Gasteiger charge is 2.82. The third-order valence-corrected chi connectivity index (χ3v) is 8.13. The molecule has 0 heterocycles. The van der Waals surface area contributed by atoms with Crippen LogP contribution in [0.15, 0.2) is 0 Å². The zero-order valence-corrected chi connectivity index (χ0v) is 26.2. The molecule has 0 aromatic carbocycles. The first-order valence-corrected chi connectivity index (χ1v) is 15.8. The molecule has 0 amide bonds. The number of hydrogen-bond acceptors (Lipinski definition) is 0. The Morgan fingerprint density at radius 2 is 0.500 bits per heavy atom. The lowest BCUT2D eigenvalue weighted by molar-refractivity contribution is -0.396. The fraction of sp³-hybridized carbons (Fsp3) is 0.967. The third-order valence-electron chi connectivity index (χ3n) is 8.13. The van der Waals surface area contributed by atoms with Gasteiger partial charge < -0.3 is 0 Å². The topological polar surface area (TPSA) is 0 Å². The maximum Gasteiger partial charge on any atom is 0.460 e. The highest BCUT2D eigenvalue weighted by atomic mass is 19.4. The number of rotatable bonds is 26. The molecule has 0 bridgehead atoms. The molecular weight excluding hydrogens is 702 g/mol. The monoisotopic (exact) mass is 745 g/mol. The predicted molar refractivity (Wildman–Crippen MR) is 143 cm³/mol. The lowest BCUT2D eigenvalue weighted by Crippen LogP contribution is -2.60. The Balaban J connectivity index is 3.89. The summed E-state index contributed by atoms with van der Waals surface area (Å²) in [5, 5.41) is 0. The standard InChI is InChI=1S/C30H43F18/c1-22(18-14-10-6-2-4-8-12-16-20-23(31,32)25(35,36)27(39,40)29(43,44)45)19-15-11-7-3-5-9-13-17-21-24(33,34)26(37,38)28(41,42)30(46,47)48/h22H,1-21H2. The summed E-state index contributed by atoms with van der Waals surface area (Å²) in [6.45, 7) is 4.06. The second-order valence-electron chi connectivity index (χ2n) is 12.3. The van der Waals surface area contributed by atoms with Crippen molar-refractivity contribution in [3.8, 4) is 0 Å². The van der Waals surface area contributed by atoms with Crippen molar-refractivity contribution in [3.63, 3.8) is 0 Å². The molecule has 0 nitrogen and oxygen atoms in total. The molecule has 0 rings (SSSR count). The van der Waals surface area contributed by atoms with E-state index >= 15 is 0 Å². The van der Waals surface area contributed by atoms with E-state index in [4.69, 9.17) is 0 Å². The van der Waals surface area contributed by atoms with Gasteiger partial charge in [0.1, 0.15) is 0 Å². The first-order valence-electron chi connectivity index (χ1n) is 15.8. The van der Waals surface area contributed by atoms with E-state index < -0.39 is 73.6 Å². The SMILES string of the molecule is [CH2]C(CCCCCCCCCCC(F)(F)C(F)(F)C(F)(F)C(F)(F)F)CCCCCCCCCCC(F)(F)C(F)(F)C(F)(F)C(F)(F)F. The lowest BCUT2D eigenvalue weighted by atomic mass is 9.95. The molecule has 0 aliphatic rings. The van der Waals surface area contributed by atoms with Crippen LogP contribution in [0.4, 0.5) is 79.0 Å². The first kappa shape index (κ1) is 46.7. The van der Waals surface area contributed by atoms with Gasteiger partial charge in [-0.1, -0.05) is 110 Å². The van der Waals surface area contributed by atoms with Crippen LogP contribution in [0.3, 0.4) is 0 Å². The van der Waals surface area contributed by atoms with Crippen LogP contribution in [0.5, 0.6) is 0 Å². The molecule has 0 fully saturated rings. The van der Waals surface area contributed by atoms with Crippen LogP contribution in [0.1, 0.15) is 128 Å². The normalized spacial score (nSPS) is 14.8. The van der Waals surface area contributed by atoms with Gasteiger partial charge in [-0.05, 0) is 18.8 Å². The number of hydrogen-bond donors (Lipinski definition) is 0. The van der Waals surface area contributed by atoms with E-state index in [1.807, 2.05) is 0 Å². The summed E-state index contributed by atoms with van der Waals surface area (Å²) in [6, 6.07) is 0. The molecule has 0 saturated carbocycles. The van der Waals surface area contributed by atoms with Crippen molar-refractivity contribution in [1.29, 1.82) is 0 Å². The lowest BCUT2D eigenvalue weighted by Gasteiger charge is -2.33. The van der Waals surface area contributed by atoms with E-state index in [0.717, 1.165) is 51.4 Å². The van der Waals surface area contributed by atoms with Gasteiger partial charge in [-0.25, -0.2) is 0 Å². The molecule has 0 unspecified atom stereocenters. The Bertz CT molecular complexity index is 806. The van der Waals surface area contributed by atoms with E-state index in [1.54, 1.807) is 0 Å². The van der Waals surface area contributed by atoms with Crippen LogP contribution >= 0.6 is 0 Å². The number of alkyl halides is 18. The van der Waals surface area contributed by atoms with Crippen LogP contribution in [-0.4, -0.2) is 47.9 Å². The van der Waals surface area contributed by atoms with Crippen LogP contribution in [0.2, 0.25) is 0 Å². The Kier molecular flexibility index (Phi) is 18.3. The smallest absolute Gasteiger partial charge is 0.200 e. The molecule has 0 aromatic rings. The summed E-state index contributed by atoms with van der Waals surface area (Å²) in [6.07, 6.45) is -8.99. The zero-order chi connectivity index (χ0) is 37.7. The van der Waals surface area contributed by atoms with E-state index in [2.05, 4.69) is 6.92 Å². The molecule has 0 aliphatic heterocycles. The van der Waals surface area contributed by atoms with E-state index in [0.29, 0.717) is 38.5 Å². The van der Waals surface area contributed by atoms with Gasteiger partial charge in [0, 0.05) is 12.8 Å². The van der Waals surface area contributed by atoms with Gasteiger partial charge in [0.15, 0.2) is 0 Å². The van der Waals surface area contributed by atoms with Gasteiger partial charge in [-0.3, -0.25) is 0 Å².